The second-order valence-electron chi connectivity index (χ2n) is 6.13. The van der Waals surface area contributed by atoms with Crippen LogP contribution >= 0.6 is 0 Å². The second-order valence-corrected chi connectivity index (χ2v) is 6.13. The average Bonchev–Trinajstić information content (AvgIpc) is 2.81. The van der Waals surface area contributed by atoms with Gasteiger partial charge in [-0.1, -0.05) is 45.4 Å². The van der Waals surface area contributed by atoms with Gasteiger partial charge >= 0.3 is 0 Å². The molecule has 0 saturated carbocycles. The molecule has 2 aromatic rings. The van der Waals surface area contributed by atoms with Crippen LogP contribution in [0.15, 0.2) is 28.7 Å². The molecule has 0 fully saturated rings. The number of nitrogens with zero attached hydrogens (tertiary/aromatic N) is 1. The molecule has 0 aliphatic carbocycles. The van der Waals surface area contributed by atoms with Crippen LogP contribution in [-0.2, 0) is 13.1 Å². The first-order chi connectivity index (χ1) is 10.1. The molecule has 0 aliphatic heterocycles. The SMILES string of the molecule is CCCCN(C)Cc1c(CNC(C)C)oc2ccccc12. The summed E-state index contributed by atoms with van der Waals surface area (Å²) in [5.74, 6) is 1.08. The molecule has 1 heterocycles. The number of benzene rings is 1. The molecule has 0 radical (unpaired) electrons. The maximum Gasteiger partial charge on any atom is 0.134 e. The zero-order valence-electron chi connectivity index (χ0n) is 13.8. The van der Waals surface area contributed by atoms with Gasteiger partial charge in [0.25, 0.3) is 0 Å². The molecule has 3 nitrogen and oxygen atoms in total. The van der Waals surface area contributed by atoms with Crippen LogP contribution in [0.5, 0.6) is 0 Å². The van der Waals surface area contributed by atoms with Crippen molar-refractivity contribution < 1.29 is 4.42 Å². The highest BCUT2D eigenvalue weighted by Gasteiger charge is 2.15. The smallest absolute Gasteiger partial charge is 0.134 e. The molecule has 1 aromatic carbocycles. The van der Waals surface area contributed by atoms with Crippen molar-refractivity contribution in [3.63, 3.8) is 0 Å². The van der Waals surface area contributed by atoms with Crippen molar-refractivity contribution in [1.29, 1.82) is 0 Å². The van der Waals surface area contributed by atoms with E-state index in [0.29, 0.717) is 6.04 Å². The Morgan fingerprint density at radius 3 is 2.71 bits per heavy atom. The molecule has 116 valence electrons. The molecule has 2 rings (SSSR count). The van der Waals surface area contributed by atoms with Crippen LogP contribution in [0.25, 0.3) is 11.0 Å². The average molecular weight is 288 g/mol. The van der Waals surface area contributed by atoms with Crippen LogP contribution in [0, 0.1) is 0 Å². The number of rotatable bonds is 8. The summed E-state index contributed by atoms with van der Waals surface area (Å²) >= 11 is 0. The minimum Gasteiger partial charge on any atom is -0.459 e. The molecule has 3 heteroatoms. The molecule has 0 unspecified atom stereocenters. The van der Waals surface area contributed by atoms with E-state index < -0.39 is 0 Å². The Balaban J connectivity index is 2.22. The summed E-state index contributed by atoms with van der Waals surface area (Å²) in [7, 11) is 2.19. The molecule has 0 spiro atoms. The first-order valence-corrected chi connectivity index (χ1v) is 8.03. The van der Waals surface area contributed by atoms with Crippen molar-refractivity contribution in [2.24, 2.45) is 0 Å². The number of fused-ring (bicyclic) bond motifs is 1. The molecule has 0 amide bonds. The van der Waals surface area contributed by atoms with Gasteiger partial charge in [-0.15, -0.1) is 0 Å². The highest BCUT2D eigenvalue weighted by atomic mass is 16.3. The van der Waals surface area contributed by atoms with E-state index in [2.05, 4.69) is 56.2 Å². The fraction of sp³-hybridized carbons (Fsp3) is 0.556. The lowest BCUT2D eigenvalue weighted by Gasteiger charge is -2.16. The van der Waals surface area contributed by atoms with Gasteiger partial charge < -0.3 is 14.6 Å². The van der Waals surface area contributed by atoms with Crippen LogP contribution in [0.1, 0.15) is 44.9 Å². The number of furan rings is 1. The Kier molecular flexibility index (Phi) is 5.83. The molecule has 0 aliphatic rings. The molecule has 0 saturated heterocycles. The van der Waals surface area contributed by atoms with E-state index in [1.165, 1.54) is 23.8 Å². The van der Waals surface area contributed by atoms with E-state index in [-0.39, 0.29) is 0 Å². The van der Waals surface area contributed by atoms with E-state index in [1.807, 2.05) is 6.07 Å². The molecule has 1 N–H and O–H groups in total. The van der Waals surface area contributed by atoms with Crippen molar-refractivity contribution in [2.45, 2.75) is 52.7 Å². The van der Waals surface area contributed by atoms with Crippen molar-refractivity contribution >= 4 is 11.0 Å². The first-order valence-electron chi connectivity index (χ1n) is 8.03. The Morgan fingerprint density at radius 1 is 1.24 bits per heavy atom. The van der Waals surface area contributed by atoms with Gasteiger partial charge in [-0.2, -0.15) is 0 Å². The van der Waals surface area contributed by atoms with Crippen LogP contribution in [-0.4, -0.2) is 24.5 Å². The largest absolute Gasteiger partial charge is 0.459 e. The zero-order valence-corrected chi connectivity index (χ0v) is 13.8. The maximum absolute atomic E-state index is 6.07. The van der Waals surface area contributed by atoms with E-state index in [9.17, 15) is 0 Å². The summed E-state index contributed by atoms with van der Waals surface area (Å²) in [6, 6.07) is 8.82. The quantitative estimate of drug-likeness (QED) is 0.790. The summed E-state index contributed by atoms with van der Waals surface area (Å²) in [4.78, 5) is 2.39. The number of para-hydroxylation sites is 1. The third-order valence-electron chi connectivity index (χ3n) is 3.77. The first kappa shape index (κ1) is 16.1. The summed E-state index contributed by atoms with van der Waals surface area (Å²) in [5, 5.41) is 4.72. The molecular formula is C18H28N2O. The van der Waals surface area contributed by atoms with Gasteiger partial charge in [0.1, 0.15) is 11.3 Å². The highest BCUT2D eigenvalue weighted by molar-refractivity contribution is 5.82. The Labute approximate surface area is 128 Å². The Bertz CT molecular complexity index is 559. The van der Waals surface area contributed by atoms with Crippen molar-refractivity contribution in [3.05, 3.63) is 35.6 Å². The highest BCUT2D eigenvalue weighted by Crippen LogP contribution is 2.27. The van der Waals surface area contributed by atoms with E-state index >= 15 is 0 Å². The number of hydrogen-bond donors (Lipinski definition) is 1. The lowest BCUT2D eigenvalue weighted by atomic mass is 10.1. The summed E-state index contributed by atoms with van der Waals surface area (Å²) in [6.45, 7) is 9.44. The van der Waals surface area contributed by atoms with Gasteiger partial charge in [-0.3, -0.25) is 0 Å². The zero-order chi connectivity index (χ0) is 15.2. The van der Waals surface area contributed by atoms with Gasteiger partial charge in [0.05, 0.1) is 6.54 Å². The van der Waals surface area contributed by atoms with E-state index in [4.69, 9.17) is 4.42 Å². The molecule has 1 aromatic heterocycles. The summed E-state index contributed by atoms with van der Waals surface area (Å²) < 4.78 is 6.07. The fourth-order valence-corrected chi connectivity index (χ4v) is 2.54. The number of hydrogen-bond acceptors (Lipinski definition) is 3. The van der Waals surface area contributed by atoms with Gasteiger partial charge in [0.2, 0.25) is 0 Å². The van der Waals surface area contributed by atoms with E-state index in [0.717, 1.165) is 31.0 Å². The fourth-order valence-electron chi connectivity index (χ4n) is 2.54. The standard InChI is InChI=1S/C18H28N2O/c1-5-6-11-20(4)13-16-15-9-7-8-10-17(15)21-18(16)12-19-14(2)3/h7-10,14,19H,5-6,11-13H2,1-4H3. The third kappa shape index (κ3) is 4.32. The minimum atomic E-state index is 0.462. The Morgan fingerprint density at radius 2 is 2.00 bits per heavy atom. The second kappa shape index (κ2) is 7.62. The van der Waals surface area contributed by atoms with Gasteiger partial charge in [-0.25, -0.2) is 0 Å². The summed E-state index contributed by atoms with van der Waals surface area (Å²) in [6.07, 6.45) is 2.48. The van der Waals surface area contributed by atoms with E-state index in [1.54, 1.807) is 0 Å². The van der Waals surface area contributed by atoms with Gasteiger partial charge in [-0.05, 0) is 26.1 Å². The number of unbranched alkanes of at least 4 members (excludes halogenated alkanes) is 1. The molecule has 0 bridgehead atoms. The maximum atomic E-state index is 6.07. The van der Waals surface area contributed by atoms with Crippen LogP contribution < -0.4 is 5.32 Å². The summed E-state index contributed by atoms with van der Waals surface area (Å²) in [5.41, 5.74) is 2.33. The van der Waals surface area contributed by atoms with Crippen LogP contribution in [0.3, 0.4) is 0 Å². The minimum absolute atomic E-state index is 0.462. The predicted octanol–water partition coefficient (Wildman–Crippen LogP) is 4.16. The number of nitrogens with one attached hydrogen (secondary N) is 1. The van der Waals surface area contributed by atoms with Crippen molar-refractivity contribution in [1.82, 2.24) is 10.2 Å². The lowest BCUT2D eigenvalue weighted by molar-refractivity contribution is 0.317. The monoisotopic (exact) mass is 288 g/mol. The third-order valence-corrected chi connectivity index (χ3v) is 3.77. The molecule has 21 heavy (non-hydrogen) atoms. The van der Waals surface area contributed by atoms with Crippen molar-refractivity contribution in [2.75, 3.05) is 13.6 Å². The lowest BCUT2D eigenvalue weighted by Crippen LogP contribution is -2.24. The van der Waals surface area contributed by atoms with Gasteiger partial charge in [0.15, 0.2) is 0 Å². The Hall–Kier alpha value is -1.32. The molecular weight excluding hydrogens is 260 g/mol. The molecule has 0 atom stereocenters. The van der Waals surface area contributed by atoms with Gasteiger partial charge in [0, 0.05) is 23.5 Å². The predicted molar refractivity (Wildman–Crippen MR) is 89.4 cm³/mol. The van der Waals surface area contributed by atoms with Crippen LogP contribution in [0.4, 0.5) is 0 Å². The topological polar surface area (TPSA) is 28.4 Å². The van der Waals surface area contributed by atoms with Crippen LogP contribution in [0.2, 0.25) is 0 Å². The normalized spacial score (nSPS) is 11.9. The van der Waals surface area contributed by atoms with Crippen molar-refractivity contribution in [3.8, 4) is 0 Å².